The third-order valence-electron chi connectivity index (χ3n) is 2.23. The Balaban J connectivity index is 2.39. The van der Waals surface area contributed by atoms with Crippen LogP contribution in [0.2, 0.25) is 0 Å². The zero-order chi connectivity index (χ0) is 12.2. The molecule has 0 saturated carbocycles. The maximum Gasteiger partial charge on any atom is 0.148 e. The van der Waals surface area contributed by atoms with Crippen molar-refractivity contribution in [3.8, 4) is 0 Å². The van der Waals surface area contributed by atoms with Gasteiger partial charge in [-0.05, 0) is 17.7 Å². The monoisotopic (exact) mass is 300 g/mol. The lowest BCUT2D eigenvalue weighted by atomic mass is 9.92. The van der Waals surface area contributed by atoms with Gasteiger partial charge in [-0.2, -0.15) is 0 Å². The minimum atomic E-state index is -0.218. The molecule has 16 heavy (non-hydrogen) atoms. The average Bonchev–Trinajstić information content (AvgIpc) is 2.16. The van der Waals surface area contributed by atoms with Gasteiger partial charge in [-0.25, -0.2) is 0 Å². The van der Waals surface area contributed by atoms with E-state index in [0.29, 0.717) is 11.5 Å². The maximum atomic E-state index is 11.7. The Labute approximate surface area is 110 Å². The van der Waals surface area contributed by atoms with Crippen molar-refractivity contribution in [3.05, 3.63) is 34.3 Å². The highest BCUT2D eigenvalue weighted by molar-refractivity contribution is 9.10. The first-order chi connectivity index (χ1) is 7.39. The van der Waals surface area contributed by atoms with Crippen molar-refractivity contribution in [2.24, 2.45) is 5.41 Å². The summed E-state index contributed by atoms with van der Waals surface area (Å²) in [6.45, 7) is 5.90. The third-order valence-corrected chi connectivity index (χ3v) is 3.72. The first kappa shape index (κ1) is 13.8. The first-order valence-electron chi connectivity index (χ1n) is 5.25. The molecule has 1 aromatic rings. The fourth-order valence-corrected chi connectivity index (χ4v) is 2.69. The van der Waals surface area contributed by atoms with E-state index in [2.05, 4.69) is 28.1 Å². The van der Waals surface area contributed by atoms with Gasteiger partial charge >= 0.3 is 0 Å². The summed E-state index contributed by atoms with van der Waals surface area (Å²) in [5.41, 5.74) is 1.03. The van der Waals surface area contributed by atoms with Gasteiger partial charge in [0.05, 0.1) is 5.75 Å². The Bertz CT molecular complexity index is 368. The second kappa shape index (κ2) is 5.87. The van der Waals surface area contributed by atoms with E-state index in [1.54, 1.807) is 11.8 Å². The highest BCUT2D eigenvalue weighted by atomic mass is 79.9. The summed E-state index contributed by atoms with van der Waals surface area (Å²) >= 11 is 5.12. The average molecular weight is 301 g/mol. The van der Waals surface area contributed by atoms with Crippen molar-refractivity contribution in [3.63, 3.8) is 0 Å². The van der Waals surface area contributed by atoms with Gasteiger partial charge < -0.3 is 0 Å². The first-order valence-corrected chi connectivity index (χ1v) is 7.20. The van der Waals surface area contributed by atoms with Gasteiger partial charge in [0.15, 0.2) is 0 Å². The largest absolute Gasteiger partial charge is 0.298 e. The van der Waals surface area contributed by atoms with Crippen molar-refractivity contribution in [1.29, 1.82) is 0 Å². The normalized spacial score (nSPS) is 11.5. The van der Waals surface area contributed by atoms with Crippen molar-refractivity contribution in [2.45, 2.75) is 26.5 Å². The van der Waals surface area contributed by atoms with Crippen LogP contribution in [0.1, 0.15) is 26.3 Å². The summed E-state index contributed by atoms with van der Waals surface area (Å²) < 4.78 is 1.09. The molecule has 0 unspecified atom stereocenters. The van der Waals surface area contributed by atoms with Crippen LogP contribution in [0.3, 0.4) is 0 Å². The highest BCUT2D eigenvalue weighted by Gasteiger charge is 2.20. The Hall–Kier alpha value is -0.280. The molecule has 88 valence electrons. The Morgan fingerprint density at radius 3 is 2.62 bits per heavy atom. The van der Waals surface area contributed by atoms with Gasteiger partial charge in [0.1, 0.15) is 5.78 Å². The SMILES string of the molecule is CC(C)(C)C(=O)CSCc1cccc(Br)c1. The number of carbonyl (C=O) groups excluding carboxylic acids is 1. The molecule has 1 aromatic carbocycles. The van der Waals surface area contributed by atoms with E-state index in [1.807, 2.05) is 32.9 Å². The molecule has 0 N–H and O–H groups in total. The number of hydrogen-bond donors (Lipinski definition) is 0. The molecule has 0 spiro atoms. The molecule has 0 amide bonds. The molecule has 0 radical (unpaired) electrons. The summed E-state index contributed by atoms with van der Waals surface area (Å²) in [4.78, 5) is 11.7. The lowest BCUT2D eigenvalue weighted by molar-refractivity contribution is -0.123. The Morgan fingerprint density at radius 2 is 2.06 bits per heavy atom. The van der Waals surface area contributed by atoms with E-state index in [9.17, 15) is 4.79 Å². The molecule has 0 aliphatic carbocycles. The van der Waals surface area contributed by atoms with Gasteiger partial charge in [-0.15, -0.1) is 11.8 Å². The van der Waals surface area contributed by atoms with Crippen LogP contribution in [0, 0.1) is 5.41 Å². The van der Waals surface area contributed by atoms with E-state index < -0.39 is 0 Å². The number of rotatable bonds is 4. The van der Waals surface area contributed by atoms with Gasteiger partial charge in [-0.1, -0.05) is 48.8 Å². The molecule has 0 fully saturated rings. The number of thioether (sulfide) groups is 1. The van der Waals surface area contributed by atoms with E-state index in [-0.39, 0.29) is 5.41 Å². The molecule has 0 atom stereocenters. The van der Waals surface area contributed by atoms with E-state index >= 15 is 0 Å². The van der Waals surface area contributed by atoms with Gasteiger partial charge in [0, 0.05) is 15.6 Å². The predicted molar refractivity (Wildman–Crippen MR) is 74.8 cm³/mol. The van der Waals surface area contributed by atoms with Gasteiger partial charge in [-0.3, -0.25) is 4.79 Å². The van der Waals surface area contributed by atoms with Crippen molar-refractivity contribution in [1.82, 2.24) is 0 Å². The molecule has 0 heterocycles. The van der Waals surface area contributed by atoms with Crippen LogP contribution < -0.4 is 0 Å². The number of ketones is 1. The van der Waals surface area contributed by atoms with Crippen LogP contribution in [0.15, 0.2) is 28.7 Å². The van der Waals surface area contributed by atoms with Crippen molar-refractivity contribution >= 4 is 33.5 Å². The third kappa shape index (κ3) is 4.71. The molecule has 0 bridgehead atoms. The second-order valence-corrected chi connectivity index (χ2v) is 6.70. The van der Waals surface area contributed by atoms with E-state index in [0.717, 1.165) is 10.2 Å². The molecule has 3 heteroatoms. The molecule has 0 aromatic heterocycles. The standard InChI is InChI=1S/C13H17BrOS/c1-13(2,3)12(15)9-16-8-10-5-4-6-11(14)7-10/h4-7H,8-9H2,1-3H3. The minimum Gasteiger partial charge on any atom is -0.298 e. The Kier molecular flexibility index (Phi) is 5.06. The summed E-state index contributed by atoms with van der Waals surface area (Å²) in [5.74, 6) is 1.80. The second-order valence-electron chi connectivity index (χ2n) is 4.80. The lowest BCUT2D eigenvalue weighted by Gasteiger charge is -2.15. The molecule has 1 rings (SSSR count). The van der Waals surface area contributed by atoms with Crippen LogP contribution in [-0.2, 0) is 10.5 Å². The minimum absolute atomic E-state index is 0.218. The molecule has 0 aliphatic heterocycles. The summed E-state index contributed by atoms with van der Waals surface area (Å²) in [7, 11) is 0. The van der Waals surface area contributed by atoms with Crippen LogP contribution in [0.4, 0.5) is 0 Å². The van der Waals surface area contributed by atoms with Gasteiger partial charge in [0.25, 0.3) is 0 Å². The number of hydrogen-bond acceptors (Lipinski definition) is 2. The highest BCUT2D eigenvalue weighted by Crippen LogP contribution is 2.21. The zero-order valence-electron chi connectivity index (χ0n) is 9.92. The topological polar surface area (TPSA) is 17.1 Å². The molecular formula is C13H17BrOS. The maximum absolute atomic E-state index is 11.7. The van der Waals surface area contributed by atoms with Crippen LogP contribution in [0.25, 0.3) is 0 Å². The Morgan fingerprint density at radius 1 is 1.38 bits per heavy atom. The smallest absolute Gasteiger partial charge is 0.148 e. The molecule has 0 saturated heterocycles. The summed E-state index contributed by atoms with van der Waals surface area (Å²) in [5, 5.41) is 0. The number of halogens is 1. The number of benzene rings is 1. The molecular weight excluding hydrogens is 284 g/mol. The summed E-state index contributed by atoms with van der Waals surface area (Å²) in [6, 6.07) is 8.20. The number of carbonyl (C=O) groups is 1. The predicted octanol–water partition coefficient (Wildman–Crippen LogP) is 4.30. The zero-order valence-corrected chi connectivity index (χ0v) is 12.3. The quantitative estimate of drug-likeness (QED) is 0.825. The molecule has 0 aliphatic rings. The summed E-state index contributed by atoms with van der Waals surface area (Å²) in [6.07, 6.45) is 0. The van der Waals surface area contributed by atoms with Gasteiger partial charge in [0.2, 0.25) is 0 Å². The number of Topliss-reactive ketones (excluding diaryl/α,β-unsaturated/α-hetero) is 1. The molecule has 1 nitrogen and oxygen atoms in total. The van der Waals surface area contributed by atoms with Crippen LogP contribution in [0.5, 0.6) is 0 Å². The van der Waals surface area contributed by atoms with E-state index in [1.165, 1.54) is 5.56 Å². The van der Waals surface area contributed by atoms with Crippen LogP contribution >= 0.6 is 27.7 Å². The van der Waals surface area contributed by atoms with Crippen molar-refractivity contribution in [2.75, 3.05) is 5.75 Å². The lowest BCUT2D eigenvalue weighted by Crippen LogP contribution is -2.22. The van der Waals surface area contributed by atoms with Crippen LogP contribution in [-0.4, -0.2) is 11.5 Å². The fourth-order valence-electron chi connectivity index (χ4n) is 1.10. The van der Waals surface area contributed by atoms with Crippen molar-refractivity contribution < 1.29 is 4.79 Å². The van der Waals surface area contributed by atoms with E-state index in [4.69, 9.17) is 0 Å². The fraction of sp³-hybridized carbons (Fsp3) is 0.462.